The van der Waals surface area contributed by atoms with Crippen LogP contribution in [0, 0.1) is 0 Å². The monoisotopic (exact) mass is 189 g/mol. The predicted molar refractivity (Wildman–Crippen MR) is 55.6 cm³/mol. The molecule has 0 N–H and O–H groups in total. The van der Waals surface area contributed by atoms with Crippen LogP contribution in [0.15, 0.2) is 48.5 Å². The molecule has 3 rings (SSSR count). The van der Waals surface area contributed by atoms with E-state index in [0.29, 0.717) is 0 Å². The van der Waals surface area contributed by atoms with Crippen LogP contribution in [0.4, 0.5) is 11.4 Å². The second-order valence-electron chi connectivity index (χ2n) is 3.15. The van der Waals surface area contributed by atoms with Crippen molar-refractivity contribution >= 4 is 11.4 Å². The summed E-state index contributed by atoms with van der Waals surface area (Å²) in [5.74, 6) is 1.65. The minimum Gasteiger partial charge on any atom is -0.652 e. The zero-order chi connectivity index (χ0) is 9.38. The fourth-order valence-electron chi connectivity index (χ4n) is 1.52. The van der Waals surface area contributed by atoms with E-state index in [4.69, 9.17) is 4.74 Å². The van der Waals surface area contributed by atoms with Gasteiger partial charge in [0.1, 0.15) is 11.5 Å². The topological polar surface area (TPSA) is 23.3 Å². The maximum Gasteiger partial charge on any atom is 1.00 e. The van der Waals surface area contributed by atoms with Gasteiger partial charge in [0.2, 0.25) is 0 Å². The van der Waals surface area contributed by atoms with E-state index in [2.05, 4.69) is 5.32 Å². The maximum absolute atomic E-state index is 5.68. The zero-order valence-electron chi connectivity index (χ0n) is 8.47. The zero-order valence-corrected chi connectivity index (χ0v) is 8.47. The molecule has 0 fully saturated rings. The molecule has 0 aromatic heterocycles. The van der Waals surface area contributed by atoms with Gasteiger partial charge in [-0.15, -0.1) is 0 Å². The third kappa shape index (κ3) is 1.74. The van der Waals surface area contributed by atoms with Crippen molar-refractivity contribution < 1.29 is 23.6 Å². The molecule has 0 spiro atoms. The first-order valence-electron chi connectivity index (χ1n) is 4.51. The van der Waals surface area contributed by atoms with Crippen LogP contribution in [0.2, 0.25) is 0 Å². The molecular formula is C12H8LiNO. The SMILES string of the molecule is [Li+].c1ccc2c(c1)[N-]c1ccccc1O2. The van der Waals surface area contributed by atoms with E-state index in [1.54, 1.807) is 0 Å². The van der Waals surface area contributed by atoms with Crippen molar-refractivity contribution in [2.45, 2.75) is 0 Å². The molecule has 1 aliphatic heterocycles. The molecule has 0 saturated carbocycles. The van der Waals surface area contributed by atoms with Crippen LogP contribution in [0.5, 0.6) is 11.5 Å². The molecule has 0 amide bonds. The standard InChI is InChI=1S/C12H8NO.Li/c1-3-7-11-9(5-1)13-10-6-2-4-8-12(10)14-11;/h1-8H;/q-1;+1. The maximum atomic E-state index is 5.68. The van der Waals surface area contributed by atoms with Gasteiger partial charge in [-0.1, -0.05) is 47.8 Å². The van der Waals surface area contributed by atoms with Gasteiger partial charge in [-0.25, -0.2) is 0 Å². The summed E-state index contributed by atoms with van der Waals surface area (Å²) in [6.07, 6.45) is 0. The Labute approximate surface area is 100 Å². The van der Waals surface area contributed by atoms with Gasteiger partial charge in [-0.3, -0.25) is 0 Å². The Bertz CT molecular complexity index is 397. The van der Waals surface area contributed by atoms with Crippen molar-refractivity contribution in [2.75, 3.05) is 0 Å². The Hall–Kier alpha value is -1.36. The van der Waals surface area contributed by atoms with E-state index in [0.717, 1.165) is 22.9 Å². The largest absolute Gasteiger partial charge is 1.00 e. The molecule has 3 heteroatoms. The first kappa shape index (κ1) is 10.2. The second kappa shape index (κ2) is 4.02. The van der Waals surface area contributed by atoms with Crippen molar-refractivity contribution in [3.05, 3.63) is 53.8 Å². The van der Waals surface area contributed by atoms with Crippen LogP contribution in [0.3, 0.4) is 0 Å². The number of fused-ring (bicyclic) bond motifs is 2. The van der Waals surface area contributed by atoms with Gasteiger partial charge < -0.3 is 10.1 Å². The minimum atomic E-state index is 0. The molecule has 68 valence electrons. The molecule has 15 heavy (non-hydrogen) atoms. The van der Waals surface area contributed by atoms with E-state index in [1.165, 1.54) is 0 Å². The number of hydrogen-bond donors (Lipinski definition) is 0. The number of hydrogen-bond acceptors (Lipinski definition) is 1. The van der Waals surface area contributed by atoms with Crippen LogP contribution in [0.1, 0.15) is 0 Å². The van der Waals surface area contributed by atoms with E-state index in [1.807, 2.05) is 48.5 Å². The average molecular weight is 189 g/mol. The normalized spacial score (nSPS) is 11.2. The first-order chi connectivity index (χ1) is 6.93. The summed E-state index contributed by atoms with van der Waals surface area (Å²) in [5, 5.41) is 4.48. The van der Waals surface area contributed by atoms with Gasteiger partial charge >= 0.3 is 18.9 Å². The minimum absolute atomic E-state index is 0. The van der Waals surface area contributed by atoms with Crippen LogP contribution in [0.25, 0.3) is 5.32 Å². The summed E-state index contributed by atoms with van der Waals surface area (Å²) < 4.78 is 5.68. The summed E-state index contributed by atoms with van der Waals surface area (Å²) in [6.45, 7) is 0. The van der Waals surface area contributed by atoms with Crippen molar-refractivity contribution in [1.82, 2.24) is 0 Å². The molecule has 2 nitrogen and oxygen atoms in total. The van der Waals surface area contributed by atoms with Gasteiger partial charge in [0.25, 0.3) is 0 Å². The summed E-state index contributed by atoms with van der Waals surface area (Å²) in [6, 6.07) is 15.6. The Morgan fingerprint density at radius 1 is 0.733 bits per heavy atom. The quantitative estimate of drug-likeness (QED) is 0.486. The third-order valence-corrected chi connectivity index (χ3v) is 2.19. The number of nitrogens with zero attached hydrogens (tertiary/aromatic N) is 1. The molecule has 2 aromatic carbocycles. The van der Waals surface area contributed by atoms with Crippen LogP contribution in [-0.4, -0.2) is 0 Å². The van der Waals surface area contributed by atoms with Crippen molar-refractivity contribution in [3.8, 4) is 11.5 Å². The van der Waals surface area contributed by atoms with E-state index >= 15 is 0 Å². The van der Waals surface area contributed by atoms with Gasteiger partial charge in [-0.2, -0.15) is 0 Å². The van der Waals surface area contributed by atoms with E-state index in [9.17, 15) is 0 Å². The van der Waals surface area contributed by atoms with Gasteiger partial charge in [0.05, 0.1) is 0 Å². The number of benzene rings is 2. The molecule has 2 aromatic rings. The summed E-state index contributed by atoms with van der Waals surface area (Å²) in [5.41, 5.74) is 1.79. The number of ether oxygens (including phenoxy) is 1. The molecule has 0 aliphatic carbocycles. The molecule has 1 aliphatic rings. The molecule has 0 radical (unpaired) electrons. The Kier molecular flexibility index (Phi) is 2.72. The Morgan fingerprint density at radius 2 is 1.20 bits per heavy atom. The summed E-state index contributed by atoms with van der Waals surface area (Å²) in [4.78, 5) is 0. The van der Waals surface area contributed by atoms with Gasteiger partial charge in [0.15, 0.2) is 0 Å². The van der Waals surface area contributed by atoms with Crippen molar-refractivity contribution in [2.24, 2.45) is 0 Å². The van der Waals surface area contributed by atoms with Crippen molar-refractivity contribution in [1.29, 1.82) is 0 Å². The second-order valence-corrected chi connectivity index (χ2v) is 3.15. The van der Waals surface area contributed by atoms with Crippen LogP contribution >= 0.6 is 0 Å². The van der Waals surface area contributed by atoms with E-state index < -0.39 is 0 Å². The fourth-order valence-corrected chi connectivity index (χ4v) is 1.52. The summed E-state index contributed by atoms with van der Waals surface area (Å²) >= 11 is 0. The molecular weight excluding hydrogens is 181 g/mol. The van der Waals surface area contributed by atoms with Gasteiger partial charge in [-0.05, 0) is 12.1 Å². The number of para-hydroxylation sites is 4. The average Bonchev–Trinajstić information content (AvgIpc) is 2.26. The molecule has 0 atom stereocenters. The smallest absolute Gasteiger partial charge is 0.652 e. The third-order valence-electron chi connectivity index (χ3n) is 2.19. The Morgan fingerprint density at radius 3 is 1.73 bits per heavy atom. The van der Waals surface area contributed by atoms with E-state index in [-0.39, 0.29) is 18.9 Å². The molecule has 1 heterocycles. The van der Waals surface area contributed by atoms with Crippen LogP contribution < -0.4 is 23.6 Å². The predicted octanol–water partition coefficient (Wildman–Crippen LogP) is 1.13. The Balaban J connectivity index is 0.000000853. The van der Waals surface area contributed by atoms with Gasteiger partial charge in [0, 0.05) is 0 Å². The van der Waals surface area contributed by atoms with Crippen LogP contribution in [-0.2, 0) is 0 Å². The molecule has 0 saturated heterocycles. The van der Waals surface area contributed by atoms with Crippen molar-refractivity contribution in [3.63, 3.8) is 0 Å². The number of rotatable bonds is 0. The first-order valence-corrected chi connectivity index (χ1v) is 4.51. The summed E-state index contributed by atoms with van der Waals surface area (Å²) in [7, 11) is 0. The fraction of sp³-hybridized carbons (Fsp3) is 0. The molecule has 0 unspecified atom stereocenters. The molecule has 0 bridgehead atoms.